The highest BCUT2D eigenvalue weighted by Crippen LogP contribution is 2.31. The van der Waals surface area contributed by atoms with Gasteiger partial charge in [0.2, 0.25) is 10.0 Å². The van der Waals surface area contributed by atoms with Crippen LogP contribution in [-0.4, -0.2) is 100 Å². The Bertz CT molecular complexity index is 1500. The summed E-state index contributed by atoms with van der Waals surface area (Å²) >= 11 is 6.54. The number of ether oxygens (including phenoxy) is 1. The first kappa shape index (κ1) is 31.5. The SMILES string of the molecule is CCS(=O)(=O)N(C)c1ccccc1Cc1nc(Cc2ccc(N3CCC(N4CCN(C)CC4)CC3)cc2OC)ncc1Cl. The van der Waals surface area contributed by atoms with Gasteiger partial charge in [0.25, 0.3) is 0 Å². The molecule has 0 spiro atoms. The molecular formula is C32H43ClN6O3S. The van der Waals surface area contributed by atoms with Crippen LogP contribution in [0.2, 0.25) is 5.02 Å². The van der Waals surface area contributed by atoms with Crippen LogP contribution >= 0.6 is 11.6 Å². The molecule has 2 aromatic carbocycles. The van der Waals surface area contributed by atoms with Crippen LogP contribution in [0, 0.1) is 0 Å². The predicted octanol–water partition coefficient (Wildman–Crippen LogP) is 4.32. The molecule has 0 N–H and O–H groups in total. The van der Waals surface area contributed by atoms with Gasteiger partial charge in [0, 0.05) is 88.7 Å². The van der Waals surface area contributed by atoms with Crippen molar-refractivity contribution in [2.45, 2.75) is 38.6 Å². The number of nitrogens with zero attached hydrogens (tertiary/aromatic N) is 6. The third-order valence-corrected chi connectivity index (χ3v) is 10.9. The molecule has 2 saturated heterocycles. The van der Waals surface area contributed by atoms with Gasteiger partial charge in [0.15, 0.2) is 0 Å². The predicted molar refractivity (Wildman–Crippen MR) is 174 cm³/mol. The third kappa shape index (κ3) is 7.42. The van der Waals surface area contributed by atoms with Gasteiger partial charge in [-0.05, 0) is 44.5 Å². The lowest BCUT2D eigenvalue weighted by Crippen LogP contribution is -2.52. The molecule has 3 aromatic rings. The van der Waals surface area contributed by atoms with Crippen molar-refractivity contribution in [3.8, 4) is 5.75 Å². The minimum Gasteiger partial charge on any atom is -0.496 e. The summed E-state index contributed by atoms with van der Waals surface area (Å²) < 4.78 is 32.3. The second-order valence-electron chi connectivity index (χ2n) is 11.5. The first-order valence-electron chi connectivity index (χ1n) is 15.1. The van der Waals surface area contributed by atoms with Crippen LogP contribution in [0.5, 0.6) is 5.75 Å². The molecule has 0 saturated carbocycles. The summed E-state index contributed by atoms with van der Waals surface area (Å²) in [5.41, 5.74) is 4.27. The van der Waals surface area contributed by atoms with Gasteiger partial charge in [-0.1, -0.05) is 35.9 Å². The zero-order valence-electron chi connectivity index (χ0n) is 25.7. The Labute approximate surface area is 261 Å². The number of aromatic nitrogens is 2. The van der Waals surface area contributed by atoms with Crippen LogP contribution in [0.15, 0.2) is 48.7 Å². The van der Waals surface area contributed by atoms with E-state index in [1.165, 1.54) is 35.9 Å². The van der Waals surface area contributed by atoms with Crippen LogP contribution in [0.4, 0.5) is 11.4 Å². The highest BCUT2D eigenvalue weighted by atomic mass is 35.5. The van der Waals surface area contributed by atoms with Gasteiger partial charge in [-0.15, -0.1) is 0 Å². The molecule has 9 nitrogen and oxygen atoms in total. The molecule has 0 atom stereocenters. The van der Waals surface area contributed by atoms with Crippen molar-refractivity contribution in [2.24, 2.45) is 0 Å². The molecule has 3 heterocycles. The lowest BCUT2D eigenvalue weighted by Gasteiger charge is -2.42. The van der Waals surface area contributed by atoms with E-state index >= 15 is 0 Å². The number of anilines is 2. The van der Waals surface area contributed by atoms with Gasteiger partial charge in [0.1, 0.15) is 11.6 Å². The number of piperidine rings is 1. The number of likely N-dealkylation sites (N-methyl/N-ethyl adjacent to an activating group) is 1. The van der Waals surface area contributed by atoms with E-state index in [9.17, 15) is 8.42 Å². The highest BCUT2D eigenvalue weighted by molar-refractivity contribution is 7.92. The molecule has 2 aliphatic heterocycles. The number of para-hydroxylation sites is 1. The van der Waals surface area contributed by atoms with Gasteiger partial charge in [-0.2, -0.15) is 0 Å². The first-order chi connectivity index (χ1) is 20.7. The number of benzene rings is 2. The molecule has 2 fully saturated rings. The summed E-state index contributed by atoms with van der Waals surface area (Å²) in [5.74, 6) is 1.46. The van der Waals surface area contributed by atoms with E-state index < -0.39 is 10.0 Å². The summed E-state index contributed by atoms with van der Waals surface area (Å²) in [6, 6.07) is 14.5. The summed E-state index contributed by atoms with van der Waals surface area (Å²) in [6.07, 6.45) is 4.86. The highest BCUT2D eigenvalue weighted by Gasteiger charge is 2.27. The standard InChI is InChI=1S/C32H43ClN6O3S/c1-5-43(40,41)37(3)30-9-7-6-8-24(30)20-29-28(33)23-34-32(35-29)21-25-10-11-27(22-31(25)42-4)38-14-12-26(13-15-38)39-18-16-36(2)17-19-39/h6-11,22-23,26H,5,12-21H2,1-4H3. The van der Waals surface area contributed by atoms with Crippen LogP contribution in [0.3, 0.4) is 0 Å². The summed E-state index contributed by atoms with van der Waals surface area (Å²) in [4.78, 5) is 16.9. The van der Waals surface area contributed by atoms with Gasteiger partial charge in [-0.25, -0.2) is 18.4 Å². The third-order valence-electron chi connectivity index (χ3n) is 8.84. The first-order valence-corrected chi connectivity index (χ1v) is 17.1. The number of hydrogen-bond donors (Lipinski definition) is 0. The van der Waals surface area contributed by atoms with E-state index in [0.717, 1.165) is 43.1 Å². The average molecular weight is 627 g/mol. The van der Waals surface area contributed by atoms with Crippen molar-refractivity contribution in [2.75, 3.05) is 75.4 Å². The molecule has 5 rings (SSSR count). The Morgan fingerprint density at radius 2 is 1.72 bits per heavy atom. The van der Waals surface area contributed by atoms with Crippen molar-refractivity contribution in [3.05, 3.63) is 76.3 Å². The number of sulfonamides is 1. The van der Waals surface area contributed by atoms with E-state index in [-0.39, 0.29) is 5.75 Å². The minimum absolute atomic E-state index is 0.0196. The smallest absolute Gasteiger partial charge is 0.234 e. The molecule has 1 aromatic heterocycles. The van der Waals surface area contributed by atoms with Crippen LogP contribution in [0.1, 0.15) is 42.4 Å². The molecule has 11 heteroatoms. The minimum atomic E-state index is -3.41. The summed E-state index contributed by atoms with van der Waals surface area (Å²) in [5, 5.41) is 0.446. The number of rotatable bonds is 10. The van der Waals surface area contributed by atoms with Crippen molar-refractivity contribution in [1.82, 2.24) is 19.8 Å². The van der Waals surface area contributed by atoms with Crippen molar-refractivity contribution in [1.29, 1.82) is 0 Å². The maximum Gasteiger partial charge on any atom is 0.234 e. The lowest BCUT2D eigenvalue weighted by atomic mass is 10.0. The molecule has 43 heavy (non-hydrogen) atoms. The molecule has 0 unspecified atom stereocenters. The molecule has 0 amide bonds. The Hall–Kier alpha value is -2.92. The molecular weight excluding hydrogens is 584 g/mol. The average Bonchev–Trinajstić information content (AvgIpc) is 3.03. The van der Waals surface area contributed by atoms with E-state index in [1.807, 2.05) is 18.2 Å². The second-order valence-corrected chi connectivity index (χ2v) is 14.2. The van der Waals surface area contributed by atoms with E-state index in [1.54, 1.807) is 33.3 Å². The number of hydrogen-bond acceptors (Lipinski definition) is 8. The number of methoxy groups -OCH3 is 1. The van der Waals surface area contributed by atoms with Crippen LogP contribution in [-0.2, 0) is 22.9 Å². The Balaban J connectivity index is 1.28. The van der Waals surface area contributed by atoms with Gasteiger partial charge in [-0.3, -0.25) is 9.21 Å². The normalized spacial score (nSPS) is 17.3. The zero-order valence-corrected chi connectivity index (χ0v) is 27.2. The quantitative estimate of drug-likeness (QED) is 0.329. The van der Waals surface area contributed by atoms with Crippen molar-refractivity contribution in [3.63, 3.8) is 0 Å². The van der Waals surface area contributed by atoms with E-state index in [4.69, 9.17) is 21.3 Å². The Kier molecular flexibility index (Phi) is 10.1. The fraction of sp³-hybridized carbons (Fsp3) is 0.500. The molecule has 0 bridgehead atoms. The Morgan fingerprint density at radius 3 is 2.42 bits per heavy atom. The summed E-state index contributed by atoms with van der Waals surface area (Å²) in [7, 11) is 2.08. The molecule has 0 radical (unpaired) electrons. The Morgan fingerprint density at radius 1 is 1.00 bits per heavy atom. The number of halogens is 1. The lowest BCUT2D eigenvalue weighted by molar-refractivity contribution is 0.0982. The monoisotopic (exact) mass is 626 g/mol. The van der Waals surface area contributed by atoms with Crippen LogP contribution < -0.4 is 13.9 Å². The zero-order chi connectivity index (χ0) is 30.6. The fourth-order valence-corrected chi connectivity index (χ4v) is 7.09. The molecule has 232 valence electrons. The molecule has 2 aliphatic rings. The van der Waals surface area contributed by atoms with Gasteiger partial charge in [0.05, 0.1) is 29.3 Å². The van der Waals surface area contributed by atoms with Crippen LogP contribution in [0.25, 0.3) is 0 Å². The topological polar surface area (TPSA) is 82.1 Å². The van der Waals surface area contributed by atoms with Gasteiger partial charge < -0.3 is 14.5 Å². The van der Waals surface area contributed by atoms with Crippen molar-refractivity contribution >= 4 is 33.0 Å². The largest absolute Gasteiger partial charge is 0.496 e. The maximum absolute atomic E-state index is 12.6. The summed E-state index contributed by atoms with van der Waals surface area (Å²) in [6.45, 7) is 8.38. The van der Waals surface area contributed by atoms with E-state index in [2.05, 4.69) is 44.9 Å². The fourth-order valence-electron chi connectivity index (χ4n) is 6.07. The maximum atomic E-state index is 12.6. The van der Waals surface area contributed by atoms with Crippen molar-refractivity contribution < 1.29 is 13.2 Å². The number of piperazine rings is 1. The van der Waals surface area contributed by atoms with Gasteiger partial charge >= 0.3 is 0 Å². The molecule has 0 aliphatic carbocycles. The second kappa shape index (κ2) is 13.8. The van der Waals surface area contributed by atoms with E-state index in [0.29, 0.717) is 41.1 Å².